The van der Waals surface area contributed by atoms with Crippen LogP contribution in [-0.4, -0.2) is 12.1 Å². The Labute approximate surface area is 122 Å². The molecule has 0 aliphatic heterocycles. The molecule has 1 atom stereocenters. The van der Waals surface area contributed by atoms with Gasteiger partial charge in [0, 0.05) is 5.39 Å². The van der Waals surface area contributed by atoms with Gasteiger partial charge in [0.15, 0.2) is 11.3 Å². The van der Waals surface area contributed by atoms with Crippen LogP contribution in [0.5, 0.6) is 5.75 Å². The number of nitrogens with one attached hydrogen (secondary N) is 1. The van der Waals surface area contributed by atoms with E-state index in [1.54, 1.807) is 13.3 Å². The van der Waals surface area contributed by atoms with E-state index in [1.165, 1.54) is 0 Å². The summed E-state index contributed by atoms with van der Waals surface area (Å²) in [6, 6.07) is 7.93. The molecule has 2 heterocycles. The first kappa shape index (κ1) is 13.7. The van der Waals surface area contributed by atoms with E-state index in [4.69, 9.17) is 13.6 Å². The number of rotatable bonds is 5. The fraction of sp³-hybridized carbons (Fsp3) is 0.312. The molecule has 0 fully saturated rings. The highest BCUT2D eigenvalue weighted by Crippen LogP contribution is 2.30. The number of hydrogen-bond donors (Lipinski definition) is 1. The fourth-order valence-corrected chi connectivity index (χ4v) is 2.25. The summed E-state index contributed by atoms with van der Waals surface area (Å²) in [4.78, 5) is 4.17. The maximum absolute atomic E-state index is 5.91. The molecule has 1 unspecified atom stereocenters. The van der Waals surface area contributed by atoms with Crippen molar-refractivity contribution in [2.24, 2.45) is 0 Å². The van der Waals surface area contributed by atoms with Gasteiger partial charge in [-0.25, -0.2) is 4.98 Å². The minimum atomic E-state index is 0.0503. The Bertz CT molecular complexity index is 745. The van der Waals surface area contributed by atoms with Gasteiger partial charge in [0.2, 0.25) is 5.89 Å². The van der Waals surface area contributed by atoms with Gasteiger partial charge < -0.3 is 13.6 Å². The first-order valence-corrected chi connectivity index (χ1v) is 6.88. The minimum Gasteiger partial charge on any atom is -0.493 e. The number of nitrogens with zero attached hydrogens (tertiary/aromatic N) is 1. The monoisotopic (exact) mass is 286 g/mol. The van der Waals surface area contributed by atoms with Crippen molar-refractivity contribution in [3.8, 4) is 5.75 Å². The van der Waals surface area contributed by atoms with E-state index in [0.717, 1.165) is 28.2 Å². The van der Waals surface area contributed by atoms with Gasteiger partial charge in [0.05, 0.1) is 25.9 Å². The summed E-state index contributed by atoms with van der Waals surface area (Å²) in [5.74, 6) is 3.09. The number of furan rings is 1. The lowest BCUT2D eigenvalue weighted by Gasteiger charge is -2.09. The third-order valence-electron chi connectivity index (χ3n) is 3.40. The molecule has 1 N–H and O–H groups in total. The van der Waals surface area contributed by atoms with Gasteiger partial charge in [0.25, 0.3) is 0 Å². The van der Waals surface area contributed by atoms with Crippen LogP contribution in [0.4, 0.5) is 0 Å². The third-order valence-corrected chi connectivity index (χ3v) is 3.40. The molecule has 110 valence electrons. The van der Waals surface area contributed by atoms with E-state index in [2.05, 4.69) is 10.3 Å². The second kappa shape index (κ2) is 5.61. The molecule has 0 aliphatic carbocycles. The summed E-state index contributed by atoms with van der Waals surface area (Å²) >= 11 is 0. The average Bonchev–Trinajstić information content (AvgIpc) is 3.10. The molecule has 5 nitrogen and oxygen atoms in total. The van der Waals surface area contributed by atoms with Gasteiger partial charge in [-0.2, -0.15) is 0 Å². The van der Waals surface area contributed by atoms with E-state index < -0.39 is 0 Å². The molecule has 3 aromatic rings. The van der Waals surface area contributed by atoms with E-state index >= 15 is 0 Å². The molecule has 2 aromatic heterocycles. The molecule has 5 heteroatoms. The molecule has 21 heavy (non-hydrogen) atoms. The van der Waals surface area contributed by atoms with Crippen LogP contribution in [0.25, 0.3) is 11.0 Å². The van der Waals surface area contributed by atoms with Crippen LogP contribution in [0.3, 0.4) is 0 Å². The summed E-state index contributed by atoms with van der Waals surface area (Å²) in [5, 5.41) is 4.37. The maximum atomic E-state index is 5.91. The van der Waals surface area contributed by atoms with Crippen molar-refractivity contribution in [2.45, 2.75) is 26.4 Å². The van der Waals surface area contributed by atoms with Crippen LogP contribution in [-0.2, 0) is 6.54 Å². The number of para-hydroxylation sites is 1. The van der Waals surface area contributed by atoms with Crippen molar-refractivity contribution in [2.75, 3.05) is 7.11 Å². The Kier molecular flexibility index (Phi) is 3.66. The van der Waals surface area contributed by atoms with Crippen molar-refractivity contribution >= 4 is 11.0 Å². The van der Waals surface area contributed by atoms with Gasteiger partial charge in [-0.05, 0) is 26.0 Å². The van der Waals surface area contributed by atoms with Gasteiger partial charge in [-0.15, -0.1) is 0 Å². The quantitative estimate of drug-likeness (QED) is 0.776. The Morgan fingerprint density at radius 2 is 2.19 bits per heavy atom. The standard InChI is InChI=1S/C16H18N2O3/c1-10-8-18-15(20-10)9-17-11(2)14-7-12-5-4-6-13(19-3)16(12)21-14/h4-8,11,17H,9H2,1-3H3. The second-order valence-electron chi connectivity index (χ2n) is 4.99. The van der Waals surface area contributed by atoms with Crippen molar-refractivity contribution in [3.05, 3.63) is 47.9 Å². The highest BCUT2D eigenvalue weighted by Gasteiger charge is 2.14. The largest absolute Gasteiger partial charge is 0.493 e. The van der Waals surface area contributed by atoms with Crippen LogP contribution in [0, 0.1) is 6.92 Å². The van der Waals surface area contributed by atoms with Crippen molar-refractivity contribution in [3.63, 3.8) is 0 Å². The summed E-state index contributed by atoms with van der Waals surface area (Å²) in [7, 11) is 1.64. The molecule has 0 radical (unpaired) electrons. The highest BCUT2D eigenvalue weighted by atomic mass is 16.5. The number of methoxy groups -OCH3 is 1. The molecule has 0 bridgehead atoms. The van der Waals surface area contributed by atoms with E-state index in [0.29, 0.717) is 12.4 Å². The lowest BCUT2D eigenvalue weighted by Crippen LogP contribution is -2.17. The molecule has 3 rings (SSSR count). The zero-order valence-corrected chi connectivity index (χ0v) is 12.3. The first-order chi connectivity index (χ1) is 10.2. The average molecular weight is 286 g/mol. The zero-order valence-electron chi connectivity index (χ0n) is 12.3. The van der Waals surface area contributed by atoms with Crippen LogP contribution >= 0.6 is 0 Å². The predicted molar refractivity (Wildman–Crippen MR) is 79.3 cm³/mol. The number of fused-ring (bicyclic) bond motifs is 1. The number of aryl methyl sites for hydroxylation is 1. The normalized spacial score (nSPS) is 12.7. The van der Waals surface area contributed by atoms with Gasteiger partial charge in [0.1, 0.15) is 11.5 Å². The molecule has 0 saturated carbocycles. The molecule has 0 spiro atoms. The molecule has 1 aromatic carbocycles. The van der Waals surface area contributed by atoms with Crippen LogP contribution < -0.4 is 10.1 Å². The number of aromatic nitrogens is 1. The summed E-state index contributed by atoms with van der Waals surface area (Å²) in [6.45, 7) is 4.48. The van der Waals surface area contributed by atoms with Crippen molar-refractivity contribution in [1.82, 2.24) is 10.3 Å². The molecular formula is C16H18N2O3. The Balaban J connectivity index is 1.76. The maximum Gasteiger partial charge on any atom is 0.208 e. The lowest BCUT2D eigenvalue weighted by molar-refractivity contribution is 0.389. The second-order valence-corrected chi connectivity index (χ2v) is 4.99. The van der Waals surface area contributed by atoms with E-state index in [1.807, 2.05) is 38.1 Å². The first-order valence-electron chi connectivity index (χ1n) is 6.88. The van der Waals surface area contributed by atoms with Gasteiger partial charge in [-0.3, -0.25) is 5.32 Å². The Morgan fingerprint density at radius 1 is 1.33 bits per heavy atom. The number of oxazole rings is 1. The van der Waals surface area contributed by atoms with Gasteiger partial charge >= 0.3 is 0 Å². The highest BCUT2D eigenvalue weighted by molar-refractivity contribution is 5.83. The van der Waals surface area contributed by atoms with Crippen LogP contribution in [0.15, 0.2) is 39.3 Å². The molecule has 0 aliphatic rings. The SMILES string of the molecule is COc1cccc2cc(C(C)NCc3ncc(C)o3)oc12. The van der Waals surface area contributed by atoms with Crippen LogP contribution in [0.1, 0.15) is 30.4 Å². The topological polar surface area (TPSA) is 60.4 Å². The predicted octanol–water partition coefficient (Wildman–Crippen LogP) is 3.59. The lowest BCUT2D eigenvalue weighted by atomic mass is 10.2. The summed E-state index contributed by atoms with van der Waals surface area (Å²) < 4.78 is 16.7. The Morgan fingerprint density at radius 3 is 2.90 bits per heavy atom. The number of ether oxygens (including phenoxy) is 1. The van der Waals surface area contributed by atoms with Gasteiger partial charge in [-0.1, -0.05) is 12.1 Å². The van der Waals surface area contributed by atoms with E-state index in [9.17, 15) is 0 Å². The number of benzene rings is 1. The van der Waals surface area contributed by atoms with Crippen molar-refractivity contribution < 1.29 is 13.6 Å². The number of hydrogen-bond acceptors (Lipinski definition) is 5. The van der Waals surface area contributed by atoms with E-state index in [-0.39, 0.29) is 6.04 Å². The molecular weight excluding hydrogens is 268 g/mol. The Hall–Kier alpha value is -2.27. The fourth-order valence-electron chi connectivity index (χ4n) is 2.25. The smallest absolute Gasteiger partial charge is 0.208 e. The third kappa shape index (κ3) is 2.78. The zero-order chi connectivity index (χ0) is 14.8. The molecule has 0 saturated heterocycles. The van der Waals surface area contributed by atoms with Crippen molar-refractivity contribution in [1.29, 1.82) is 0 Å². The minimum absolute atomic E-state index is 0.0503. The summed E-state index contributed by atoms with van der Waals surface area (Å²) in [6.07, 6.45) is 1.72. The van der Waals surface area contributed by atoms with Crippen LogP contribution in [0.2, 0.25) is 0 Å². The molecule has 0 amide bonds. The summed E-state index contributed by atoms with van der Waals surface area (Å²) in [5.41, 5.74) is 0.774.